The zero-order valence-corrected chi connectivity index (χ0v) is 22.6. The molecule has 188 valence electrons. The molecule has 0 bridgehead atoms. The highest BCUT2D eigenvalue weighted by molar-refractivity contribution is 7.25. The molecule has 2 aliphatic carbocycles. The molecule has 0 radical (unpaired) electrons. The number of rotatable bonds is 2. The number of hydrogen-bond donors (Lipinski definition) is 1. The van der Waals surface area contributed by atoms with Gasteiger partial charge in [-0.1, -0.05) is 103 Å². The van der Waals surface area contributed by atoms with E-state index in [0.29, 0.717) is 6.54 Å². The molecular formula is C38H25NS. The summed E-state index contributed by atoms with van der Waals surface area (Å²) in [5, 5.41) is 2.61. The van der Waals surface area contributed by atoms with Crippen molar-refractivity contribution < 1.29 is 0 Å². The van der Waals surface area contributed by atoms with Crippen molar-refractivity contribution in [3.05, 3.63) is 155 Å². The summed E-state index contributed by atoms with van der Waals surface area (Å²) in [5.41, 5.74) is 20.3. The van der Waals surface area contributed by atoms with E-state index in [2.05, 4.69) is 127 Å². The van der Waals surface area contributed by atoms with Crippen molar-refractivity contribution in [3.63, 3.8) is 0 Å². The fourth-order valence-corrected chi connectivity index (χ4v) is 8.58. The van der Waals surface area contributed by atoms with Crippen LogP contribution in [0.15, 0.2) is 127 Å². The number of nitrogens with two attached hydrogens (primary N) is 1. The molecular weight excluding hydrogens is 502 g/mol. The summed E-state index contributed by atoms with van der Waals surface area (Å²) in [7, 11) is 0. The number of benzene rings is 6. The minimum Gasteiger partial charge on any atom is -0.326 e. The maximum absolute atomic E-state index is 6.03. The number of thiophene rings is 1. The molecule has 6 aromatic carbocycles. The van der Waals surface area contributed by atoms with E-state index in [1.807, 2.05) is 11.3 Å². The highest BCUT2D eigenvalue weighted by Crippen LogP contribution is 2.64. The lowest BCUT2D eigenvalue weighted by atomic mass is 9.68. The van der Waals surface area contributed by atoms with E-state index in [-0.39, 0.29) is 5.41 Å². The second-order valence-electron chi connectivity index (χ2n) is 11.0. The van der Waals surface area contributed by atoms with Gasteiger partial charge >= 0.3 is 0 Å². The first-order valence-electron chi connectivity index (χ1n) is 13.9. The van der Waals surface area contributed by atoms with Crippen LogP contribution < -0.4 is 5.73 Å². The maximum atomic E-state index is 6.03. The van der Waals surface area contributed by atoms with Gasteiger partial charge in [0.1, 0.15) is 0 Å². The van der Waals surface area contributed by atoms with Gasteiger partial charge in [-0.2, -0.15) is 0 Å². The Morgan fingerprint density at radius 3 is 1.68 bits per heavy atom. The van der Waals surface area contributed by atoms with E-state index in [9.17, 15) is 0 Å². The third-order valence-electron chi connectivity index (χ3n) is 9.09. The molecule has 2 aliphatic rings. The maximum Gasteiger partial charge on any atom is 0.0731 e. The van der Waals surface area contributed by atoms with E-state index in [1.54, 1.807) is 0 Å². The molecule has 0 saturated heterocycles. The molecule has 40 heavy (non-hydrogen) atoms. The molecule has 0 fully saturated rings. The van der Waals surface area contributed by atoms with Crippen molar-refractivity contribution >= 4 is 31.5 Å². The van der Waals surface area contributed by atoms with Crippen molar-refractivity contribution in [2.24, 2.45) is 5.73 Å². The Balaban J connectivity index is 1.40. The minimum absolute atomic E-state index is 0.353. The Hall–Kier alpha value is -4.50. The topological polar surface area (TPSA) is 26.0 Å². The van der Waals surface area contributed by atoms with Crippen molar-refractivity contribution in [2.45, 2.75) is 12.0 Å². The van der Waals surface area contributed by atoms with Crippen LogP contribution in [0.25, 0.3) is 53.6 Å². The molecule has 9 rings (SSSR count). The van der Waals surface area contributed by atoms with Crippen LogP contribution in [0, 0.1) is 0 Å². The first-order valence-corrected chi connectivity index (χ1v) is 14.7. The smallest absolute Gasteiger partial charge is 0.0731 e. The molecule has 0 aliphatic heterocycles. The third-order valence-corrected chi connectivity index (χ3v) is 10.2. The summed E-state index contributed by atoms with van der Waals surface area (Å²) in [5.74, 6) is 0. The van der Waals surface area contributed by atoms with Gasteiger partial charge in [-0.05, 0) is 85.5 Å². The monoisotopic (exact) mass is 527 g/mol. The first kappa shape index (κ1) is 22.3. The lowest BCUT2D eigenvalue weighted by Crippen LogP contribution is -2.26. The van der Waals surface area contributed by atoms with Crippen molar-refractivity contribution in [1.29, 1.82) is 0 Å². The first-order chi connectivity index (χ1) is 19.8. The Kier molecular flexibility index (Phi) is 4.47. The van der Waals surface area contributed by atoms with Gasteiger partial charge in [0.25, 0.3) is 0 Å². The molecule has 1 aromatic heterocycles. The summed E-state index contributed by atoms with van der Waals surface area (Å²) >= 11 is 1.86. The second kappa shape index (κ2) is 8.02. The average Bonchev–Trinajstić information content (AvgIpc) is 3.64. The molecule has 2 heteroatoms. The highest BCUT2D eigenvalue weighted by atomic mass is 32.1. The van der Waals surface area contributed by atoms with Crippen molar-refractivity contribution in [2.75, 3.05) is 0 Å². The summed E-state index contributed by atoms with van der Waals surface area (Å²) in [6.45, 7) is 0.554. The Labute approximate surface area is 237 Å². The predicted octanol–water partition coefficient (Wildman–Crippen LogP) is 9.52. The Bertz CT molecular complexity index is 2100. The van der Waals surface area contributed by atoms with Crippen LogP contribution in [-0.2, 0) is 12.0 Å². The Morgan fingerprint density at radius 2 is 1.02 bits per heavy atom. The van der Waals surface area contributed by atoms with E-state index < -0.39 is 0 Å². The van der Waals surface area contributed by atoms with Crippen LogP contribution in [-0.4, -0.2) is 0 Å². The van der Waals surface area contributed by atoms with Crippen LogP contribution in [0.1, 0.15) is 27.8 Å². The molecule has 1 spiro atoms. The van der Waals surface area contributed by atoms with Crippen LogP contribution >= 0.6 is 11.3 Å². The SMILES string of the molecule is NCc1ccc2sc3ccc(-c4cccc5c4C4(c6ccccc6-c6ccccc64)c4ccccc4-5)cc3c2c1. The fraction of sp³-hybridized carbons (Fsp3) is 0.0526. The predicted molar refractivity (Wildman–Crippen MR) is 169 cm³/mol. The molecule has 0 amide bonds. The van der Waals surface area contributed by atoms with Gasteiger partial charge in [-0.15, -0.1) is 11.3 Å². The van der Waals surface area contributed by atoms with Crippen LogP contribution in [0.5, 0.6) is 0 Å². The van der Waals surface area contributed by atoms with Crippen molar-refractivity contribution in [1.82, 2.24) is 0 Å². The van der Waals surface area contributed by atoms with Gasteiger partial charge in [0, 0.05) is 26.7 Å². The zero-order valence-electron chi connectivity index (χ0n) is 21.8. The average molecular weight is 528 g/mol. The van der Waals surface area contributed by atoms with Crippen LogP contribution in [0.2, 0.25) is 0 Å². The lowest BCUT2D eigenvalue weighted by Gasteiger charge is -2.32. The standard InChI is InChI=1S/C38H25NS/c39-22-23-16-18-35-30(20-23)31-21-24(17-19-36(31)40-35)25-11-7-12-29-28-10-3-6-15-34(28)38(37(25)29)32-13-4-1-8-26(32)27-9-2-5-14-33(27)38/h1-21H,22,39H2. The molecule has 0 saturated carbocycles. The van der Waals surface area contributed by atoms with Crippen molar-refractivity contribution in [3.8, 4) is 33.4 Å². The van der Waals surface area contributed by atoms with Gasteiger partial charge in [0.15, 0.2) is 0 Å². The molecule has 1 nitrogen and oxygen atoms in total. The fourth-order valence-electron chi connectivity index (χ4n) is 7.51. The molecule has 1 heterocycles. The van der Waals surface area contributed by atoms with Gasteiger partial charge in [0.05, 0.1) is 5.41 Å². The molecule has 7 aromatic rings. The van der Waals surface area contributed by atoms with E-state index in [1.165, 1.54) is 81.4 Å². The molecule has 0 atom stereocenters. The number of hydrogen-bond acceptors (Lipinski definition) is 2. The van der Waals surface area contributed by atoms with Gasteiger partial charge in [-0.25, -0.2) is 0 Å². The van der Waals surface area contributed by atoms with E-state index in [0.717, 1.165) is 0 Å². The zero-order chi connectivity index (χ0) is 26.4. The quantitative estimate of drug-likeness (QED) is 0.238. The van der Waals surface area contributed by atoms with E-state index in [4.69, 9.17) is 5.73 Å². The van der Waals surface area contributed by atoms with Gasteiger partial charge < -0.3 is 5.73 Å². The largest absolute Gasteiger partial charge is 0.326 e. The normalized spacial score (nSPS) is 13.9. The molecule has 2 N–H and O–H groups in total. The summed E-state index contributed by atoms with van der Waals surface area (Å²) in [6.07, 6.45) is 0. The third kappa shape index (κ3) is 2.70. The summed E-state index contributed by atoms with van der Waals surface area (Å²) in [4.78, 5) is 0. The summed E-state index contributed by atoms with van der Waals surface area (Å²) in [6, 6.07) is 47.7. The van der Waals surface area contributed by atoms with Gasteiger partial charge in [-0.3, -0.25) is 0 Å². The number of fused-ring (bicyclic) bond motifs is 13. The second-order valence-corrected chi connectivity index (χ2v) is 12.0. The van der Waals surface area contributed by atoms with Gasteiger partial charge in [0.2, 0.25) is 0 Å². The lowest BCUT2D eigenvalue weighted by molar-refractivity contribution is 0.796. The van der Waals surface area contributed by atoms with Crippen LogP contribution in [0.3, 0.4) is 0 Å². The minimum atomic E-state index is -0.353. The summed E-state index contributed by atoms with van der Waals surface area (Å²) < 4.78 is 2.63. The molecule has 0 unspecified atom stereocenters. The van der Waals surface area contributed by atoms with E-state index >= 15 is 0 Å². The highest BCUT2D eigenvalue weighted by Gasteiger charge is 2.52. The van der Waals surface area contributed by atoms with Crippen LogP contribution in [0.4, 0.5) is 0 Å². The Morgan fingerprint density at radius 1 is 0.500 bits per heavy atom.